The SMILES string of the molecule is CCN(C(=O)CN1C(=O)COc2ccc([N+](=O)[O-])cc21)c1ccc(Br)cn1. The number of carbonyl (C=O) groups is 2. The maximum atomic E-state index is 12.8. The van der Waals surface area contributed by atoms with E-state index in [1.54, 1.807) is 25.3 Å². The third-order valence-electron chi connectivity index (χ3n) is 4.00. The number of ether oxygens (including phenoxy) is 1. The lowest BCUT2D eigenvalue weighted by atomic mass is 10.2. The molecular weight excluding hydrogens is 420 g/mol. The van der Waals surface area contributed by atoms with E-state index in [2.05, 4.69) is 20.9 Å². The van der Waals surface area contributed by atoms with Crippen LogP contribution in [0.2, 0.25) is 0 Å². The first-order chi connectivity index (χ1) is 12.9. The summed E-state index contributed by atoms with van der Waals surface area (Å²) >= 11 is 3.29. The van der Waals surface area contributed by atoms with Crippen molar-refractivity contribution in [1.82, 2.24) is 4.98 Å². The largest absolute Gasteiger partial charge is 0.482 e. The van der Waals surface area contributed by atoms with E-state index in [0.717, 1.165) is 4.47 Å². The molecule has 2 aromatic rings. The van der Waals surface area contributed by atoms with Gasteiger partial charge in [0.15, 0.2) is 6.61 Å². The summed E-state index contributed by atoms with van der Waals surface area (Å²) in [6.07, 6.45) is 1.57. The van der Waals surface area contributed by atoms with Crippen molar-refractivity contribution in [3.05, 3.63) is 51.1 Å². The topological polar surface area (TPSA) is 106 Å². The maximum Gasteiger partial charge on any atom is 0.271 e. The van der Waals surface area contributed by atoms with Crippen LogP contribution in [-0.2, 0) is 9.59 Å². The second-order valence-corrected chi connectivity index (χ2v) is 6.57. The van der Waals surface area contributed by atoms with Crippen LogP contribution >= 0.6 is 15.9 Å². The van der Waals surface area contributed by atoms with E-state index in [4.69, 9.17) is 4.74 Å². The molecule has 3 rings (SSSR count). The Balaban J connectivity index is 1.89. The Morgan fingerprint density at radius 2 is 2.19 bits per heavy atom. The molecule has 0 radical (unpaired) electrons. The third kappa shape index (κ3) is 3.90. The Morgan fingerprint density at radius 1 is 1.41 bits per heavy atom. The van der Waals surface area contributed by atoms with E-state index in [9.17, 15) is 19.7 Å². The van der Waals surface area contributed by atoms with Gasteiger partial charge in [0.2, 0.25) is 5.91 Å². The molecule has 10 heteroatoms. The molecule has 2 heterocycles. The zero-order valence-corrected chi connectivity index (χ0v) is 15.9. The van der Waals surface area contributed by atoms with Gasteiger partial charge >= 0.3 is 0 Å². The highest BCUT2D eigenvalue weighted by atomic mass is 79.9. The molecule has 0 saturated heterocycles. The minimum absolute atomic E-state index is 0.188. The van der Waals surface area contributed by atoms with E-state index in [1.165, 1.54) is 28.0 Å². The maximum absolute atomic E-state index is 12.8. The van der Waals surface area contributed by atoms with Gasteiger partial charge in [-0.05, 0) is 41.1 Å². The van der Waals surface area contributed by atoms with Gasteiger partial charge in [-0.1, -0.05) is 0 Å². The molecule has 0 bridgehead atoms. The number of nitro groups is 1. The lowest BCUT2D eigenvalue weighted by Crippen LogP contribution is -2.46. The normalized spacial score (nSPS) is 13.0. The number of hydrogen-bond acceptors (Lipinski definition) is 6. The zero-order valence-electron chi connectivity index (χ0n) is 14.3. The molecule has 0 N–H and O–H groups in total. The van der Waals surface area contributed by atoms with Crippen molar-refractivity contribution in [3.63, 3.8) is 0 Å². The number of hydrogen-bond donors (Lipinski definition) is 0. The number of aromatic nitrogens is 1. The standard InChI is InChI=1S/C17H15BrN4O5/c1-2-20(15-6-3-11(18)8-19-15)16(23)9-21-13-7-12(22(25)26)4-5-14(13)27-10-17(21)24/h3-8H,2,9-10H2,1H3. The summed E-state index contributed by atoms with van der Waals surface area (Å²) in [7, 11) is 0. The van der Waals surface area contributed by atoms with Crippen LogP contribution in [0.4, 0.5) is 17.2 Å². The van der Waals surface area contributed by atoms with Gasteiger partial charge in [0.1, 0.15) is 18.1 Å². The van der Waals surface area contributed by atoms with Crippen molar-refractivity contribution < 1.29 is 19.2 Å². The fourth-order valence-electron chi connectivity index (χ4n) is 2.69. The summed E-state index contributed by atoms with van der Waals surface area (Å²) in [5.74, 6) is -0.0420. The number of carbonyl (C=O) groups excluding carboxylic acids is 2. The number of fused-ring (bicyclic) bond motifs is 1. The molecule has 1 aromatic carbocycles. The van der Waals surface area contributed by atoms with Gasteiger partial charge in [-0.3, -0.25) is 29.5 Å². The third-order valence-corrected chi connectivity index (χ3v) is 4.46. The molecule has 0 saturated carbocycles. The fourth-order valence-corrected chi connectivity index (χ4v) is 2.93. The van der Waals surface area contributed by atoms with Gasteiger partial charge in [0.05, 0.1) is 10.6 Å². The number of nitrogens with zero attached hydrogens (tertiary/aromatic N) is 4. The number of benzene rings is 1. The van der Waals surface area contributed by atoms with Crippen molar-refractivity contribution in [2.75, 3.05) is 29.5 Å². The summed E-state index contributed by atoms with van der Waals surface area (Å²) in [5, 5.41) is 11.0. The Morgan fingerprint density at radius 3 is 2.81 bits per heavy atom. The summed E-state index contributed by atoms with van der Waals surface area (Å²) < 4.78 is 6.09. The molecule has 27 heavy (non-hydrogen) atoms. The van der Waals surface area contributed by atoms with Gasteiger partial charge in [-0.15, -0.1) is 0 Å². The molecule has 9 nitrogen and oxygen atoms in total. The number of pyridine rings is 1. The van der Waals surface area contributed by atoms with E-state index in [-0.39, 0.29) is 30.4 Å². The minimum atomic E-state index is -0.566. The van der Waals surface area contributed by atoms with Crippen LogP contribution in [0.5, 0.6) is 5.75 Å². The van der Waals surface area contributed by atoms with Gasteiger partial charge in [0.25, 0.3) is 11.6 Å². The number of anilines is 2. The van der Waals surface area contributed by atoms with Crippen molar-refractivity contribution >= 4 is 44.9 Å². The van der Waals surface area contributed by atoms with E-state index in [0.29, 0.717) is 18.1 Å². The van der Waals surface area contributed by atoms with Crippen LogP contribution in [0.15, 0.2) is 41.0 Å². The number of non-ortho nitro benzene ring substituents is 1. The molecule has 0 fully saturated rings. The Labute approximate surface area is 162 Å². The van der Waals surface area contributed by atoms with Crippen LogP contribution in [0.1, 0.15) is 6.92 Å². The number of nitro benzene ring substituents is 1. The number of likely N-dealkylation sites (N-methyl/N-ethyl adjacent to an activating group) is 1. The Bertz CT molecular complexity index is 903. The van der Waals surface area contributed by atoms with Gasteiger partial charge in [-0.25, -0.2) is 4.98 Å². The zero-order chi connectivity index (χ0) is 19.6. The summed E-state index contributed by atoms with van der Waals surface area (Å²) in [6, 6.07) is 7.39. The van der Waals surface area contributed by atoms with Crippen LogP contribution < -0.4 is 14.5 Å². The highest BCUT2D eigenvalue weighted by Gasteiger charge is 2.30. The fraction of sp³-hybridized carbons (Fsp3) is 0.235. The van der Waals surface area contributed by atoms with Crippen LogP contribution in [-0.4, -0.2) is 41.4 Å². The molecule has 0 spiro atoms. The van der Waals surface area contributed by atoms with Gasteiger partial charge in [-0.2, -0.15) is 0 Å². The van der Waals surface area contributed by atoms with Crippen molar-refractivity contribution in [3.8, 4) is 5.75 Å². The Kier molecular flexibility index (Phi) is 5.36. The summed E-state index contributed by atoms with van der Waals surface area (Å²) in [4.78, 5) is 42.4. The van der Waals surface area contributed by atoms with E-state index >= 15 is 0 Å². The number of halogens is 1. The number of rotatable bonds is 5. The van der Waals surface area contributed by atoms with Crippen LogP contribution in [0, 0.1) is 10.1 Å². The lowest BCUT2D eigenvalue weighted by molar-refractivity contribution is -0.384. The minimum Gasteiger partial charge on any atom is -0.482 e. The van der Waals surface area contributed by atoms with Gasteiger partial charge < -0.3 is 4.74 Å². The molecule has 140 valence electrons. The highest BCUT2D eigenvalue weighted by Crippen LogP contribution is 2.35. The molecule has 0 unspecified atom stereocenters. The van der Waals surface area contributed by atoms with Crippen LogP contribution in [0.25, 0.3) is 0 Å². The first kappa shape index (κ1) is 18.8. The van der Waals surface area contributed by atoms with E-state index in [1.807, 2.05) is 0 Å². The average Bonchev–Trinajstić information content (AvgIpc) is 2.65. The molecular formula is C17H15BrN4O5. The molecule has 0 atom stereocenters. The predicted molar refractivity (Wildman–Crippen MR) is 101 cm³/mol. The molecule has 1 aliphatic rings. The van der Waals surface area contributed by atoms with Crippen LogP contribution in [0.3, 0.4) is 0 Å². The van der Waals surface area contributed by atoms with Gasteiger partial charge in [0, 0.05) is 29.3 Å². The molecule has 0 aliphatic carbocycles. The quantitative estimate of drug-likeness (QED) is 0.528. The van der Waals surface area contributed by atoms with Crippen molar-refractivity contribution in [2.45, 2.75) is 6.92 Å². The lowest BCUT2D eigenvalue weighted by Gasteiger charge is -2.30. The number of amides is 2. The summed E-state index contributed by atoms with van der Waals surface area (Å²) in [5.41, 5.74) is 0.0139. The second kappa shape index (κ2) is 7.70. The first-order valence-corrected chi connectivity index (χ1v) is 8.83. The smallest absolute Gasteiger partial charge is 0.271 e. The Hall–Kier alpha value is -3.01. The highest BCUT2D eigenvalue weighted by molar-refractivity contribution is 9.10. The first-order valence-electron chi connectivity index (χ1n) is 8.04. The van der Waals surface area contributed by atoms with E-state index < -0.39 is 10.8 Å². The van der Waals surface area contributed by atoms with Crippen molar-refractivity contribution in [1.29, 1.82) is 0 Å². The second-order valence-electron chi connectivity index (χ2n) is 5.65. The summed E-state index contributed by atoms with van der Waals surface area (Å²) in [6.45, 7) is 1.64. The molecule has 2 amide bonds. The molecule has 1 aliphatic heterocycles. The monoisotopic (exact) mass is 434 g/mol. The van der Waals surface area contributed by atoms with Crippen molar-refractivity contribution in [2.24, 2.45) is 0 Å². The average molecular weight is 435 g/mol. The molecule has 1 aromatic heterocycles. The predicted octanol–water partition coefficient (Wildman–Crippen LogP) is 2.53.